The van der Waals surface area contributed by atoms with Gasteiger partial charge in [-0.3, -0.25) is 9.59 Å². The summed E-state index contributed by atoms with van der Waals surface area (Å²) in [6.07, 6.45) is -4.17. The first kappa shape index (κ1) is 31.1. The van der Waals surface area contributed by atoms with Crippen molar-refractivity contribution in [1.29, 1.82) is 0 Å². The van der Waals surface area contributed by atoms with Crippen molar-refractivity contribution in [2.24, 2.45) is 0 Å². The Hall–Kier alpha value is -3.89. The fraction of sp³-hybridized carbons (Fsp3) is 0.375. The molecule has 3 N–H and O–H groups in total. The molecule has 0 unspecified atom stereocenters. The van der Waals surface area contributed by atoms with Crippen LogP contribution in [-0.4, -0.2) is 48.3 Å². The number of nitrogens with one attached hydrogen (secondary N) is 2. The largest absolute Gasteiger partial charge is 0.491 e. The van der Waals surface area contributed by atoms with Crippen molar-refractivity contribution in [3.8, 4) is 5.75 Å². The summed E-state index contributed by atoms with van der Waals surface area (Å²) in [6.45, 7) is 4.42. The highest BCUT2D eigenvalue weighted by molar-refractivity contribution is 5.99. The summed E-state index contributed by atoms with van der Waals surface area (Å²) in [4.78, 5) is 27.6. The van der Waals surface area contributed by atoms with E-state index in [2.05, 4.69) is 10.6 Å². The molecule has 0 bridgehead atoms. The molecule has 0 aromatic heterocycles. The van der Waals surface area contributed by atoms with Crippen LogP contribution in [0.4, 0.5) is 18.9 Å². The van der Waals surface area contributed by atoms with E-state index in [0.29, 0.717) is 36.4 Å². The summed E-state index contributed by atoms with van der Waals surface area (Å²) in [5.74, 6) is -0.0162. The fourth-order valence-corrected chi connectivity index (χ4v) is 4.90. The molecule has 1 fully saturated rings. The quantitative estimate of drug-likeness (QED) is 0.276. The topological polar surface area (TPSA) is 90.9 Å². The molecule has 2 atom stereocenters. The van der Waals surface area contributed by atoms with E-state index in [9.17, 15) is 27.9 Å². The van der Waals surface area contributed by atoms with Crippen LogP contribution < -0.4 is 20.3 Å². The van der Waals surface area contributed by atoms with Crippen LogP contribution in [0, 0.1) is 0 Å². The Morgan fingerprint density at radius 3 is 2.43 bits per heavy atom. The van der Waals surface area contributed by atoms with Gasteiger partial charge in [0.05, 0.1) is 23.8 Å². The molecule has 2 amide bonds. The molecule has 10 heteroatoms. The highest BCUT2D eigenvalue weighted by atomic mass is 19.4. The third-order valence-corrected chi connectivity index (χ3v) is 6.93. The smallest absolute Gasteiger partial charge is 0.416 e. The number of amides is 2. The zero-order valence-electron chi connectivity index (χ0n) is 23.7. The van der Waals surface area contributed by atoms with Crippen molar-refractivity contribution in [3.63, 3.8) is 0 Å². The molecule has 0 spiro atoms. The van der Waals surface area contributed by atoms with Gasteiger partial charge in [0.1, 0.15) is 5.75 Å². The summed E-state index contributed by atoms with van der Waals surface area (Å²) in [7, 11) is 0. The predicted molar refractivity (Wildman–Crippen MR) is 154 cm³/mol. The van der Waals surface area contributed by atoms with Crippen molar-refractivity contribution < 1.29 is 32.6 Å². The average Bonchev–Trinajstić information content (AvgIpc) is 3.38. The molecule has 1 aliphatic rings. The number of ether oxygens (including phenoxy) is 1. The Balaban J connectivity index is 1.51. The maximum absolute atomic E-state index is 13.6. The number of aliphatic hydroxyl groups is 1. The maximum atomic E-state index is 13.6. The number of hydrogen-bond acceptors (Lipinski definition) is 5. The van der Waals surface area contributed by atoms with E-state index in [1.165, 1.54) is 6.07 Å². The molecule has 224 valence electrons. The number of aliphatic hydroxyl groups excluding tert-OH is 1. The number of anilines is 1. The molecule has 1 aliphatic heterocycles. The minimum atomic E-state index is -4.44. The van der Waals surface area contributed by atoms with Gasteiger partial charge in [0.2, 0.25) is 5.91 Å². The third-order valence-electron chi connectivity index (χ3n) is 6.93. The summed E-state index contributed by atoms with van der Waals surface area (Å²) >= 11 is 0. The Morgan fingerprint density at radius 2 is 1.76 bits per heavy atom. The minimum absolute atomic E-state index is 0.0210. The molecule has 0 aliphatic carbocycles. The van der Waals surface area contributed by atoms with Crippen LogP contribution in [0.15, 0.2) is 72.8 Å². The van der Waals surface area contributed by atoms with E-state index in [0.717, 1.165) is 24.1 Å². The molecule has 4 rings (SSSR count). The van der Waals surface area contributed by atoms with Gasteiger partial charge in [0.25, 0.3) is 5.91 Å². The number of carbonyl (C=O) groups excluding carboxylic acids is 2. The monoisotopic (exact) mass is 583 g/mol. The molecule has 0 radical (unpaired) electrons. The molecule has 3 aromatic rings. The lowest BCUT2D eigenvalue weighted by Gasteiger charge is -2.26. The van der Waals surface area contributed by atoms with E-state index < -0.39 is 29.8 Å². The average molecular weight is 584 g/mol. The van der Waals surface area contributed by atoms with Crippen LogP contribution in [-0.2, 0) is 23.9 Å². The summed E-state index contributed by atoms with van der Waals surface area (Å²) < 4.78 is 45.1. The van der Waals surface area contributed by atoms with Crippen LogP contribution >= 0.6 is 0 Å². The van der Waals surface area contributed by atoms with E-state index in [4.69, 9.17) is 4.74 Å². The Bertz CT molecular complexity index is 1360. The molecule has 3 aromatic carbocycles. The zero-order valence-corrected chi connectivity index (χ0v) is 23.7. The first-order valence-electron chi connectivity index (χ1n) is 14.0. The lowest BCUT2D eigenvalue weighted by Crippen LogP contribution is -2.48. The first-order chi connectivity index (χ1) is 20.0. The molecule has 42 heavy (non-hydrogen) atoms. The second-order valence-electron chi connectivity index (χ2n) is 10.7. The summed E-state index contributed by atoms with van der Waals surface area (Å²) in [5.41, 5.74) is 1.43. The van der Waals surface area contributed by atoms with Crippen LogP contribution in [0.2, 0.25) is 0 Å². The number of halogens is 3. The minimum Gasteiger partial charge on any atom is -0.491 e. The third kappa shape index (κ3) is 8.56. The van der Waals surface area contributed by atoms with Gasteiger partial charge >= 0.3 is 6.18 Å². The molecule has 1 heterocycles. The first-order valence-corrected chi connectivity index (χ1v) is 14.0. The van der Waals surface area contributed by atoms with Gasteiger partial charge in [-0.05, 0) is 56.0 Å². The Labute approximate surface area is 243 Å². The fourth-order valence-electron chi connectivity index (χ4n) is 4.90. The Kier molecular flexibility index (Phi) is 10.2. The van der Waals surface area contributed by atoms with Gasteiger partial charge in [-0.2, -0.15) is 13.2 Å². The van der Waals surface area contributed by atoms with Crippen LogP contribution in [0.5, 0.6) is 5.75 Å². The molecular weight excluding hydrogens is 547 g/mol. The van der Waals surface area contributed by atoms with Gasteiger partial charge in [-0.1, -0.05) is 48.5 Å². The summed E-state index contributed by atoms with van der Waals surface area (Å²) in [6, 6.07) is 18.6. The van der Waals surface area contributed by atoms with E-state index in [1.807, 2.05) is 44.2 Å². The second-order valence-corrected chi connectivity index (χ2v) is 10.7. The predicted octanol–water partition coefficient (Wildman–Crippen LogP) is 5.11. The van der Waals surface area contributed by atoms with Crippen LogP contribution in [0.25, 0.3) is 0 Å². The standard InChI is InChI=1S/C32H36F3N3O4/c1-21(2)42-27-17-24(16-26(18-27)38-13-7-12-30(38)40)31(41)37-28(15-22-8-4-3-5-9-22)29(39)20-36-19-23-10-6-11-25(14-23)32(33,34)35/h3-6,8-11,14,16-18,21,28-29,36,39H,7,12-13,15,19-20H2,1-2H3,(H,37,41)/t28-,29-/m0/s1. The van der Waals surface area contributed by atoms with Gasteiger partial charge < -0.3 is 25.4 Å². The van der Waals surface area contributed by atoms with E-state index >= 15 is 0 Å². The molecule has 1 saturated heterocycles. The molecular formula is C32H36F3N3O4. The number of benzene rings is 3. The highest BCUT2D eigenvalue weighted by Crippen LogP contribution is 2.30. The van der Waals surface area contributed by atoms with Crippen molar-refractivity contribution in [3.05, 3.63) is 95.1 Å². The van der Waals surface area contributed by atoms with Gasteiger partial charge in [0.15, 0.2) is 0 Å². The van der Waals surface area contributed by atoms with Crippen LogP contribution in [0.3, 0.4) is 0 Å². The van der Waals surface area contributed by atoms with Crippen molar-refractivity contribution in [2.45, 2.75) is 64.1 Å². The summed E-state index contributed by atoms with van der Waals surface area (Å²) in [5, 5.41) is 17.1. The van der Waals surface area contributed by atoms with Crippen molar-refractivity contribution in [1.82, 2.24) is 10.6 Å². The second kappa shape index (κ2) is 13.8. The normalized spacial score (nSPS) is 15.1. The van der Waals surface area contributed by atoms with E-state index in [1.54, 1.807) is 29.2 Å². The van der Waals surface area contributed by atoms with Crippen molar-refractivity contribution in [2.75, 3.05) is 18.0 Å². The van der Waals surface area contributed by atoms with E-state index in [-0.39, 0.29) is 30.7 Å². The van der Waals surface area contributed by atoms with Gasteiger partial charge in [0, 0.05) is 43.4 Å². The number of carbonyl (C=O) groups is 2. The Morgan fingerprint density at radius 1 is 1.02 bits per heavy atom. The molecule has 0 saturated carbocycles. The number of rotatable bonds is 12. The molecule has 7 nitrogen and oxygen atoms in total. The zero-order chi connectivity index (χ0) is 30.3. The lowest BCUT2D eigenvalue weighted by atomic mass is 10.00. The lowest BCUT2D eigenvalue weighted by molar-refractivity contribution is -0.137. The number of hydrogen-bond donors (Lipinski definition) is 3. The number of nitrogens with zero attached hydrogens (tertiary/aromatic N) is 1. The highest BCUT2D eigenvalue weighted by Gasteiger charge is 2.30. The SMILES string of the molecule is CC(C)Oc1cc(C(=O)N[C@@H](Cc2ccccc2)[C@@H](O)CNCc2cccc(C(F)(F)F)c2)cc(N2CCCC2=O)c1. The maximum Gasteiger partial charge on any atom is 0.416 e. The number of alkyl halides is 3. The van der Waals surface area contributed by atoms with Gasteiger partial charge in [-0.15, -0.1) is 0 Å². The van der Waals surface area contributed by atoms with Crippen molar-refractivity contribution >= 4 is 17.5 Å². The van der Waals surface area contributed by atoms with Gasteiger partial charge in [-0.25, -0.2) is 0 Å². The van der Waals surface area contributed by atoms with Crippen LogP contribution in [0.1, 0.15) is 53.7 Å².